The van der Waals surface area contributed by atoms with Crippen LogP contribution >= 0.6 is 0 Å². The molecule has 16 aliphatic rings. The second-order valence-corrected chi connectivity index (χ2v) is 46.6. The van der Waals surface area contributed by atoms with E-state index < -0.39 is 8.24 Å². The number of fused-ring (bicyclic) bond motifs is 30. The molecule has 6 heterocycles. The number of nitrogens with zero attached hydrogens (tertiary/aromatic N) is 6. The Morgan fingerprint density at radius 1 is 0.310 bits per heavy atom. The van der Waals surface area contributed by atoms with Gasteiger partial charge in [0.05, 0.1) is 19.2 Å². The summed E-state index contributed by atoms with van der Waals surface area (Å²) < 4.78 is 8.28. The van der Waals surface area contributed by atoms with Gasteiger partial charge in [-0.1, -0.05) is 344 Å². The zero-order valence-corrected chi connectivity index (χ0v) is 79.4. The van der Waals surface area contributed by atoms with Crippen LogP contribution in [0.15, 0.2) is 334 Å². The standard InChI is InChI=1S/C25H25N.C24H23N.C19H25NSi.C18H21NO.C18H21N.C17H19N/c1-18-13-14-24-22(16-18)23-17-20-11-5-6-12-21(20)25(23)26(24)15-7-10-19-8-3-2-4-9-19;1-2-9-18(10-3-1)11-8-16-25-23-15-7-6-14-21(23)22-17-19-12-4-5-13-20(19)24(22)25;1-13-14-9-5-6-10-15(14)19-18(13)16-11-7-8-12-17(16)20(19)21(2,3)4;1-11-13-6-4-5-7-14(13)18-17(11)15-10-12(20-3)8-9-16(15)19(18)2;1-11-8-9-16-15(10-11)17-12(2)13-6-4-5-7-14(13)18(17)19(16)3;1-11-12-7-3-4-8-13(12)17-16(11)14-9-5-6-10-15(14)18(17)2/h2-6,8-9,11-14,16,23,25H,7,10,15,17H2,1H3;1-7,9-10,12-15,22,24H,8,11,16-17H2;5-15,18-19H,1-4H3;4-11,13-14,17-18H,1-3H3;4-10,12-14,17-18H,1-3H3;3-13,16-17H,1-2H3. The Labute approximate surface area is 772 Å². The van der Waals surface area contributed by atoms with Gasteiger partial charge in [-0.15, -0.1) is 0 Å². The summed E-state index contributed by atoms with van der Waals surface area (Å²) in [4.78, 5) is 12.9. The van der Waals surface area contributed by atoms with E-state index in [0.29, 0.717) is 107 Å². The Morgan fingerprint density at radius 2 is 0.636 bits per heavy atom. The zero-order valence-electron chi connectivity index (χ0n) is 78.4. The molecule has 26 rings (SSSR count). The highest BCUT2D eigenvalue weighted by Crippen LogP contribution is 2.64. The van der Waals surface area contributed by atoms with Gasteiger partial charge in [0.25, 0.3) is 0 Å². The van der Waals surface area contributed by atoms with Crippen molar-refractivity contribution in [3.63, 3.8) is 0 Å². The van der Waals surface area contributed by atoms with Gasteiger partial charge >= 0.3 is 0 Å². The molecule has 8 heteroatoms. The molecule has 6 aliphatic heterocycles. The van der Waals surface area contributed by atoms with E-state index in [-0.39, 0.29) is 0 Å². The minimum Gasteiger partial charge on any atom is -0.497 e. The molecular weight excluding hydrogens is 1580 g/mol. The van der Waals surface area contributed by atoms with E-state index in [1.165, 1.54) is 87.6 Å². The van der Waals surface area contributed by atoms with Gasteiger partial charge in [-0.05, 0) is 215 Å². The van der Waals surface area contributed by atoms with Gasteiger partial charge in [-0.2, -0.15) is 0 Å². The first-order valence-electron chi connectivity index (χ1n) is 49.2. The summed E-state index contributed by atoms with van der Waals surface area (Å²) in [6.07, 6.45) is 44.4. The van der Waals surface area contributed by atoms with Crippen molar-refractivity contribution >= 4 is 42.4 Å². The summed E-state index contributed by atoms with van der Waals surface area (Å²) in [5, 5.41) is 0. The normalized spacial score (nSPS) is 30.8. The van der Waals surface area contributed by atoms with Crippen LogP contribution in [0.25, 0.3) is 0 Å². The summed E-state index contributed by atoms with van der Waals surface area (Å²) in [7, 11) is 7.15. The maximum atomic E-state index is 5.43. The molecule has 0 radical (unpaired) electrons. The van der Waals surface area contributed by atoms with Crippen molar-refractivity contribution in [1.29, 1.82) is 0 Å². The van der Waals surface area contributed by atoms with E-state index in [4.69, 9.17) is 4.74 Å². The number of aryl methyl sites for hydroxylation is 4. The van der Waals surface area contributed by atoms with Crippen LogP contribution in [0, 0.1) is 84.9 Å². The topological polar surface area (TPSA) is 28.7 Å². The molecule has 129 heavy (non-hydrogen) atoms. The van der Waals surface area contributed by atoms with Crippen molar-refractivity contribution in [2.45, 2.75) is 171 Å². The lowest BCUT2D eigenvalue weighted by Gasteiger charge is -2.41. The molecule has 4 fully saturated rings. The van der Waals surface area contributed by atoms with Gasteiger partial charge in [0.15, 0.2) is 0 Å². The average Bonchev–Trinajstić information content (AvgIpc) is 1.55. The van der Waals surface area contributed by atoms with Gasteiger partial charge in [0, 0.05) is 152 Å². The molecule has 10 aliphatic carbocycles. The SMILES string of the molecule is CC1C2C=CC=CC2C2C1c1ccccc1N2C.CC1C2C=CC=CC2C2C1c1ccccc1N2[Si](C)(C)C.COc1ccc2c(c1)C1C(C)C3C=CC=CC3C1N2C.Cc1ccc2c(c1)C1C(C)C3C=CC=CC3C1N2C.Cc1ccc2c(c1)C1Cc3ccccc3C1N2CCCc1ccccc1.c1ccc(CCCN2c3ccccc3C3Cc4ccccc4C32)cc1. The lowest BCUT2D eigenvalue weighted by atomic mass is 9.83. The van der Waals surface area contributed by atoms with Gasteiger partial charge in [-0.25, -0.2) is 0 Å². The van der Waals surface area contributed by atoms with E-state index in [1.54, 1.807) is 57.2 Å². The summed E-state index contributed by atoms with van der Waals surface area (Å²) in [6, 6.07) is 91.3. The Morgan fingerprint density at radius 3 is 1.09 bits per heavy atom. The largest absolute Gasteiger partial charge is 0.497 e. The fourth-order valence-corrected chi connectivity index (χ4v) is 30.9. The van der Waals surface area contributed by atoms with E-state index in [1.807, 2.05) is 0 Å². The minimum absolute atomic E-state index is 0.527. The van der Waals surface area contributed by atoms with Crippen molar-refractivity contribution in [2.75, 3.05) is 70.4 Å². The molecule has 24 atom stereocenters. The van der Waals surface area contributed by atoms with E-state index in [9.17, 15) is 0 Å². The maximum absolute atomic E-state index is 5.43. The predicted molar refractivity (Wildman–Crippen MR) is 545 cm³/mol. The predicted octanol–water partition coefficient (Wildman–Crippen LogP) is 27.3. The molecule has 10 aromatic carbocycles. The molecule has 0 amide bonds. The molecule has 658 valence electrons. The zero-order chi connectivity index (χ0) is 88.2. The van der Waals surface area contributed by atoms with Crippen molar-refractivity contribution in [3.05, 3.63) is 412 Å². The molecule has 0 N–H and O–H groups in total. The molecule has 0 bridgehead atoms. The number of methoxy groups -OCH3 is 1. The van der Waals surface area contributed by atoms with Gasteiger partial charge < -0.3 is 33.8 Å². The number of hydrogen-bond donors (Lipinski definition) is 0. The monoisotopic (exact) mass is 1720 g/mol. The highest BCUT2D eigenvalue weighted by atomic mass is 28.3. The molecule has 7 nitrogen and oxygen atoms in total. The number of likely N-dealkylation sites (N-methyl/N-ethyl adjacent to an activating group) is 3. The third kappa shape index (κ3) is 14.8. The number of para-hydroxylation sites is 3. The van der Waals surface area contributed by atoms with Gasteiger partial charge in [0.1, 0.15) is 14.0 Å². The third-order valence-corrected chi connectivity index (χ3v) is 36.1. The van der Waals surface area contributed by atoms with Crippen LogP contribution in [0.2, 0.25) is 19.6 Å². The van der Waals surface area contributed by atoms with Crippen molar-refractivity contribution in [3.8, 4) is 5.75 Å². The molecular formula is C121H134N6OSi. The third-order valence-electron chi connectivity index (χ3n) is 34.1. The van der Waals surface area contributed by atoms with Crippen LogP contribution in [0.1, 0.15) is 166 Å². The Bertz CT molecular complexity index is 6040. The average molecular weight is 1720 g/mol. The van der Waals surface area contributed by atoms with Crippen molar-refractivity contribution < 1.29 is 4.74 Å². The lowest BCUT2D eigenvalue weighted by Crippen LogP contribution is -2.52. The minimum atomic E-state index is -1.39. The van der Waals surface area contributed by atoms with Crippen LogP contribution in [-0.4, -0.2) is 73.7 Å². The second-order valence-electron chi connectivity index (χ2n) is 41.8. The summed E-state index contributed by atoms with van der Waals surface area (Å²) >= 11 is 0. The summed E-state index contributed by atoms with van der Waals surface area (Å²) in [6.45, 7) is 23.9. The van der Waals surface area contributed by atoms with Crippen LogP contribution in [0.4, 0.5) is 34.1 Å². The Balaban J connectivity index is 0.0000000943. The van der Waals surface area contributed by atoms with Crippen LogP contribution < -0.4 is 33.8 Å². The van der Waals surface area contributed by atoms with E-state index >= 15 is 0 Å². The summed E-state index contributed by atoms with van der Waals surface area (Å²) in [5.41, 5.74) is 29.9. The van der Waals surface area contributed by atoms with Gasteiger partial charge in [0.2, 0.25) is 0 Å². The number of anilines is 6. The number of ether oxygens (including phenoxy) is 1. The maximum Gasteiger partial charge on any atom is 0.147 e. The van der Waals surface area contributed by atoms with Crippen LogP contribution in [-0.2, 0) is 25.7 Å². The fourth-order valence-electron chi connectivity index (χ4n) is 28.7. The second kappa shape index (κ2) is 35.0. The first-order valence-corrected chi connectivity index (χ1v) is 52.7. The number of benzene rings is 10. The molecule has 24 unspecified atom stereocenters. The molecule has 4 saturated carbocycles. The highest BCUT2D eigenvalue weighted by Gasteiger charge is 2.59. The lowest BCUT2D eigenvalue weighted by molar-refractivity contribution is 0.411. The molecule has 0 spiro atoms. The van der Waals surface area contributed by atoms with E-state index in [2.05, 4.69) is 445 Å². The first-order chi connectivity index (χ1) is 62.9. The highest BCUT2D eigenvalue weighted by molar-refractivity contribution is 6.80. The molecule has 0 saturated heterocycles. The Hall–Kier alpha value is -11.1. The molecule has 0 aromatic heterocycles. The Kier molecular flexibility index (Phi) is 23.0. The van der Waals surface area contributed by atoms with E-state index in [0.717, 1.165) is 67.2 Å². The van der Waals surface area contributed by atoms with Crippen molar-refractivity contribution in [1.82, 2.24) is 0 Å². The molecule has 10 aromatic rings. The van der Waals surface area contributed by atoms with Crippen LogP contribution in [0.5, 0.6) is 5.75 Å². The number of allylic oxidation sites excluding steroid dienone is 12. The van der Waals surface area contributed by atoms with Crippen molar-refractivity contribution in [2.24, 2.45) is 71.0 Å². The smallest absolute Gasteiger partial charge is 0.147 e. The quantitative estimate of drug-likeness (QED) is 0.126. The van der Waals surface area contributed by atoms with Gasteiger partial charge in [-0.3, -0.25) is 0 Å². The number of hydrogen-bond acceptors (Lipinski definition) is 7. The summed E-state index contributed by atoms with van der Waals surface area (Å²) in [5.74, 6) is 13.4. The number of rotatable bonds is 10. The fraction of sp³-hybridized carbons (Fsp3) is 0.372. The van der Waals surface area contributed by atoms with Crippen LogP contribution in [0.3, 0.4) is 0 Å². The first kappa shape index (κ1) is 84.8.